The second-order valence-corrected chi connectivity index (χ2v) is 6.72. The zero-order valence-electron chi connectivity index (χ0n) is 15.2. The van der Waals surface area contributed by atoms with Crippen LogP contribution < -0.4 is 19.9 Å². The Bertz CT molecular complexity index is 1040. The van der Waals surface area contributed by atoms with Gasteiger partial charge in [0, 0.05) is 0 Å². The Hall–Kier alpha value is -3.16. The van der Waals surface area contributed by atoms with Crippen molar-refractivity contribution < 1.29 is 24.2 Å². The van der Waals surface area contributed by atoms with Gasteiger partial charge in [0.25, 0.3) is 11.8 Å². The molecule has 1 aliphatic rings. The molecular formula is C20H16Cl2N2O5. The average molecular weight is 435 g/mol. The number of ether oxygens (including phenoxy) is 2. The lowest BCUT2D eigenvalue weighted by atomic mass is 10.1. The Morgan fingerprint density at radius 2 is 1.97 bits per heavy atom. The molecule has 2 N–H and O–H groups in total. The molecule has 0 aromatic heterocycles. The minimum atomic E-state index is -0.605. The van der Waals surface area contributed by atoms with Crippen LogP contribution in [0.3, 0.4) is 0 Å². The minimum absolute atomic E-state index is 0.128. The third-order valence-electron chi connectivity index (χ3n) is 3.99. The van der Waals surface area contributed by atoms with Gasteiger partial charge in [-0.3, -0.25) is 15.0 Å². The highest BCUT2D eigenvalue weighted by Gasteiger charge is 2.34. The molecule has 1 saturated heterocycles. The molecule has 0 saturated carbocycles. The summed E-state index contributed by atoms with van der Waals surface area (Å²) in [6, 6.07) is 7.43. The van der Waals surface area contributed by atoms with E-state index in [9.17, 15) is 14.7 Å². The minimum Gasteiger partial charge on any atom is -0.504 e. The predicted molar refractivity (Wildman–Crippen MR) is 110 cm³/mol. The largest absolute Gasteiger partial charge is 0.504 e. The standard InChI is InChI=1S/C20H16Cl2N2O5/c1-3-6-29-18-16(25)8-11(9-17(18)28-2)7-13-19(26)23-24(20(13)27)12-4-5-14(21)15(22)10-12/h3-5,7-10,25H,1,6H2,2H3,(H,23,26)/b13-7-. The summed E-state index contributed by atoms with van der Waals surface area (Å²) in [6.07, 6.45) is 2.86. The van der Waals surface area contributed by atoms with Crippen molar-refractivity contribution in [1.82, 2.24) is 5.43 Å². The molecule has 2 aromatic carbocycles. The van der Waals surface area contributed by atoms with Gasteiger partial charge < -0.3 is 14.6 Å². The summed E-state index contributed by atoms with van der Waals surface area (Å²) in [5.41, 5.74) is 3.07. The Kier molecular flexibility index (Phi) is 6.00. The molecule has 29 heavy (non-hydrogen) atoms. The number of nitrogens with zero attached hydrogens (tertiary/aromatic N) is 1. The molecule has 3 rings (SSSR count). The molecular weight excluding hydrogens is 419 g/mol. The fraction of sp³-hybridized carbons (Fsp3) is 0.100. The lowest BCUT2D eigenvalue weighted by Crippen LogP contribution is -2.35. The average Bonchev–Trinajstić information content (AvgIpc) is 2.97. The van der Waals surface area contributed by atoms with E-state index in [-0.39, 0.29) is 34.5 Å². The van der Waals surface area contributed by atoms with Crippen LogP contribution in [-0.2, 0) is 9.59 Å². The molecule has 1 fully saturated rings. The number of amides is 2. The van der Waals surface area contributed by atoms with Crippen molar-refractivity contribution in [3.8, 4) is 17.2 Å². The van der Waals surface area contributed by atoms with Crippen LogP contribution in [0.15, 0.2) is 48.6 Å². The highest BCUT2D eigenvalue weighted by molar-refractivity contribution is 6.42. The molecule has 0 bridgehead atoms. The first-order valence-electron chi connectivity index (χ1n) is 8.32. The molecule has 2 amide bonds. The fourth-order valence-corrected chi connectivity index (χ4v) is 2.95. The summed E-state index contributed by atoms with van der Waals surface area (Å²) in [4.78, 5) is 25.1. The van der Waals surface area contributed by atoms with Gasteiger partial charge in [0.1, 0.15) is 12.2 Å². The number of hydrazine groups is 1. The number of carbonyl (C=O) groups is 2. The van der Waals surface area contributed by atoms with E-state index in [4.69, 9.17) is 32.7 Å². The molecule has 0 aliphatic carbocycles. The normalized spacial score (nSPS) is 14.9. The van der Waals surface area contributed by atoms with Gasteiger partial charge in [0.15, 0.2) is 11.5 Å². The fourth-order valence-electron chi connectivity index (χ4n) is 2.66. The van der Waals surface area contributed by atoms with Crippen molar-refractivity contribution in [3.05, 3.63) is 64.2 Å². The van der Waals surface area contributed by atoms with Crippen LogP contribution in [0.25, 0.3) is 6.08 Å². The van der Waals surface area contributed by atoms with Crippen molar-refractivity contribution in [2.24, 2.45) is 0 Å². The topological polar surface area (TPSA) is 88.1 Å². The van der Waals surface area contributed by atoms with E-state index in [2.05, 4.69) is 12.0 Å². The predicted octanol–water partition coefficient (Wildman–Crippen LogP) is 3.73. The Morgan fingerprint density at radius 1 is 1.21 bits per heavy atom. The van der Waals surface area contributed by atoms with Crippen molar-refractivity contribution in [2.75, 3.05) is 18.7 Å². The number of nitrogens with one attached hydrogen (secondary N) is 1. The summed E-state index contributed by atoms with van der Waals surface area (Å²) >= 11 is 11.9. The van der Waals surface area contributed by atoms with Gasteiger partial charge in [-0.05, 0) is 42.0 Å². The van der Waals surface area contributed by atoms with Gasteiger partial charge in [-0.25, -0.2) is 5.01 Å². The SMILES string of the molecule is C=CCOc1c(O)cc(/C=C2/C(=O)NN(c3ccc(Cl)c(Cl)c3)C2=O)cc1OC. The van der Waals surface area contributed by atoms with Crippen LogP contribution in [0.4, 0.5) is 5.69 Å². The third kappa shape index (κ3) is 4.16. The monoisotopic (exact) mass is 434 g/mol. The maximum absolute atomic E-state index is 12.7. The highest BCUT2D eigenvalue weighted by Crippen LogP contribution is 2.38. The van der Waals surface area contributed by atoms with E-state index >= 15 is 0 Å². The van der Waals surface area contributed by atoms with Crippen LogP contribution in [0.2, 0.25) is 10.0 Å². The van der Waals surface area contributed by atoms with Gasteiger partial charge in [-0.1, -0.05) is 35.9 Å². The number of hydrogen-bond donors (Lipinski definition) is 2. The van der Waals surface area contributed by atoms with Crippen LogP contribution in [-0.4, -0.2) is 30.6 Å². The Labute approximate surface area is 176 Å². The zero-order chi connectivity index (χ0) is 21.1. The molecule has 2 aromatic rings. The second-order valence-electron chi connectivity index (χ2n) is 5.91. The molecule has 1 aliphatic heterocycles. The van der Waals surface area contributed by atoms with Gasteiger partial charge in [0.05, 0.1) is 22.8 Å². The number of rotatable bonds is 6. The molecule has 0 spiro atoms. The van der Waals surface area contributed by atoms with Crippen molar-refractivity contribution in [3.63, 3.8) is 0 Å². The van der Waals surface area contributed by atoms with E-state index in [1.165, 1.54) is 43.5 Å². The number of methoxy groups -OCH3 is 1. The van der Waals surface area contributed by atoms with Crippen molar-refractivity contribution in [2.45, 2.75) is 0 Å². The molecule has 0 atom stereocenters. The van der Waals surface area contributed by atoms with E-state index in [0.29, 0.717) is 16.3 Å². The van der Waals surface area contributed by atoms with Crippen LogP contribution in [0, 0.1) is 0 Å². The smallest absolute Gasteiger partial charge is 0.282 e. The molecule has 0 unspecified atom stereocenters. The quantitative estimate of drug-likeness (QED) is 0.410. The molecule has 9 heteroatoms. The molecule has 0 radical (unpaired) electrons. The number of carbonyl (C=O) groups excluding carboxylic acids is 2. The summed E-state index contributed by atoms with van der Waals surface area (Å²) < 4.78 is 10.6. The summed E-state index contributed by atoms with van der Waals surface area (Å²) in [5, 5.41) is 11.9. The highest BCUT2D eigenvalue weighted by atomic mass is 35.5. The lowest BCUT2D eigenvalue weighted by molar-refractivity contribution is -0.117. The maximum Gasteiger partial charge on any atom is 0.282 e. The van der Waals surface area contributed by atoms with Gasteiger partial charge in [-0.2, -0.15) is 0 Å². The number of phenolic OH excluding ortho intramolecular Hbond substituents is 1. The van der Waals surface area contributed by atoms with Crippen LogP contribution in [0.5, 0.6) is 17.2 Å². The first kappa shape index (κ1) is 20.6. The van der Waals surface area contributed by atoms with E-state index < -0.39 is 11.8 Å². The summed E-state index contributed by atoms with van der Waals surface area (Å²) in [6.45, 7) is 3.72. The second kappa shape index (κ2) is 8.46. The Morgan fingerprint density at radius 3 is 2.62 bits per heavy atom. The lowest BCUT2D eigenvalue weighted by Gasteiger charge is -2.15. The van der Waals surface area contributed by atoms with E-state index in [1.54, 1.807) is 6.07 Å². The van der Waals surface area contributed by atoms with Gasteiger partial charge in [0.2, 0.25) is 5.75 Å². The van der Waals surface area contributed by atoms with Crippen LogP contribution >= 0.6 is 23.2 Å². The van der Waals surface area contributed by atoms with Crippen molar-refractivity contribution >= 4 is 46.8 Å². The number of anilines is 1. The zero-order valence-corrected chi connectivity index (χ0v) is 16.8. The van der Waals surface area contributed by atoms with Crippen molar-refractivity contribution in [1.29, 1.82) is 0 Å². The number of aromatic hydroxyl groups is 1. The first-order chi connectivity index (χ1) is 13.8. The maximum atomic E-state index is 12.7. The van der Waals surface area contributed by atoms with E-state index in [0.717, 1.165) is 5.01 Å². The van der Waals surface area contributed by atoms with Gasteiger partial charge in [-0.15, -0.1) is 0 Å². The molecule has 7 nitrogen and oxygen atoms in total. The van der Waals surface area contributed by atoms with E-state index in [1.807, 2.05) is 0 Å². The van der Waals surface area contributed by atoms with Crippen LogP contribution in [0.1, 0.15) is 5.56 Å². The first-order valence-corrected chi connectivity index (χ1v) is 9.08. The number of hydrogen-bond acceptors (Lipinski definition) is 5. The molecule has 150 valence electrons. The third-order valence-corrected chi connectivity index (χ3v) is 4.73. The number of halogens is 2. The summed E-state index contributed by atoms with van der Waals surface area (Å²) in [7, 11) is 1.41. The summed E-state index contributed by atoms with van der Waals surface area (Å²) in [5.74, 6) is -1.02. The number of benzene rings is 2. The Balaban J connectivity index is 1.94. The number of phenols is 1. The van der Waals surface area contributed by atoms with Gasteiger partial charge >= 0.3 is 0 Å². The molecule has 1 heterocycles.